The van der Waals surface area contributed by atoms with Crippen LogP contribution < -0.4 is 0 Å². The highest BCUT2D eigenvalue weighted by molar-refractivity contribution is 5.86. The second-order valence-corrected chi connectivity index (χ2v) is 5.39. The molecule has 0 amide bonds. The summed E-state index contributed by atoms with van der Waals surface area (Å²) < 4.78 is 0. The van der Waals surface area contributed by atoms with E-state index in [1.807, 2.05) is 0 Å². The molecule has 1 nitrogen and oxygen atoms in total. The zero-order valence-corrected chi connectivity index (χ0v) is 11.1. The molecule has 0 fully saturated rings. The van der Waals surface area contributed by atoms with E-state index in [9.17, 15) is 4.79 Å². The van der Waals surface area contributed by atoms with Crippen LogP contribution in [0.4, 0.5) is 0 Å². The Kier molecular flexibility index (Phi) is 3.66. The molecule has 0 unspecified atom stereocenters. The highest BCUT2D eigenvalue weighted by Crippen LogP contribution is 2.32. The van der Waals surface area contributed by atoms with Crippen LogP contribution in [0.2, 0.25) is 0 Å². The molecule has 0 spiro atoms. The average Bonchev–Trinajstić information content (AvgIpc) is 2.46. The molecule has 1 aliphatic carbocycles. The molecular formula is C16H22O. The third-order valence-corrected chi connectivity index (χ3v) is 3.88. The van der Waals surface area contributed by atoms with Gasteiger partial charge in [-0.25, -0.2) is 0 Å². The number of ketones is 1. The molecule has 0 aliphatic heterocycles. The first-order valence-electron chi connectivity index (χ1n) is 6.79. The molecular weight excluding hydrogens is 208 g/mol. The minimum atomic E-state index is 0.147. The van der Waals surface area contributed by atoms with Gasteiger partial charge in [-0.2, -0.15) is 0 Å². The summed E-state index contributed by atoms with van der Waals surface area (Å²) in [7, 11) is 0. The molecule has 0 radical (unpaired) electrons. The number of hydrogen-bond acceptors (Lipinski definition) is 1. The summed E-state index contributed by atoms with van der Waals surface area (Å²) >= 11 is 0. The normalized spacial score (nSPS) is 20.2. The summed E-state index contributed by atoms with van der Waals surface area (Å²) in [6.45, 7) is 6.57. The SMILES string of the molecule is CC[C@H]1C(=O)CCCc2cc(C(C)C)ccc21. The van der Waals surface area contributed by atoms with Crippen LogP contribution >= 0.6 is 0 Å². The van der Waals surface area contributed by atoms with Crippen LogP contribution in [0.3, 0.4) is 0 Å². The summed E-state index contributed by atoms with van der Waals surface area (Å²) in [5, 5.41) is 0. The highest BCUT2D eigenvalue weighted by Gasteiger charge is 2.24. The Morgan fingerprint density at radius 1 is 1.29 bits per heavy atom. The van der Waals surface area contributed by atoms with Gasteiger partial charge in [0.25, 0.3) is 0 Å². The standard InChI is InChI=1S/C16H22O/c1-4-14-15-9-8-12(11(2)3)10-13(15)6-5-7-16(14)17/h8-11,14H,4-7H2,1-3H3/t14-/m1/s1. The highest BCUT2D eigenvalue weighted by atomic mass is 16.1. The van der Waals surface area contributed by atoms with Gasteiger partial charge in [-0.15, -0.1) is 0 Å². The van der Waals surface area contributed by atoms with E-state index in [1.165, 1.54) is 16.7 Å². The van der Waals surface area contributed by atoms with Gasteiger partial charge in [0.2, 0.25) is 0 Å². The number of fused-ring (bicyclic) bond motifs is 1. The van der Waals surface area contributed by atoms with Crippen LogP contribution in [0.25, 0.3) is 0 Å². The van der Waals surface area contributed by atoms with Crippen LogP contribution in [-0.2, 0) is 11.2 Å². The van der Waals surface area contributed by atoms with Gasteiger partial charge < -0.3 is 0 Å². The van der Waals surface area contributed by atoms with Crippen molar-refractivity contribution in [1.82, 2.24) is 0 Å². The Balaban J connectivity index is 2.44. The lowest BCUT2D eigenvalue weighted by atomic mass is 9.87. The average molecular weight is 230 g/mol. The van der Waals surface area contributed by atoms with Gasteiger partial charge in [-0.05, 0) is 41.9 Å². The predicted octanol–water partition coefficient (Wildman–Crippen LogP) is 4.21. The van der Waals surface area contributed by atoms with Crippen LogP contribution in [-0.4, -0.2) is 5.78 Å². The second-order valence-electron chi connectivity index (χ2n) is 5.39. The van der Waals surface area contributed by atoms with Crippen molar-refractivity contribution in [2.45, 2.75) is 58.3 Å². The van der Waals surface area contributed by atoms with Crippen molar-refractivity contribution in [1.29, 1.82) is 0 Å². The molecule has 2 rings (SSSR count). The van der Waals surface area contributed by atoms with E-state index in [2.05, 4.69) is 39.0 Å². The van der Waals surface area contributed by atoms with E-state index in [0.717, 1.165) is 25.7 Å². The molecule has 1 atom stereocenters. The van der Waals surface area contributed by atoms with Gasteiger partial charge in [0.1, 0.15) is 5.78 Å². The quantitative estimate of drug-likeness (QED) is 0.696. The molecule has 1 heteroatoms. The van der Waals surface area contributed by atoms with Crippen molar-refractivity contribution in [3.63, 3.8) is 0 Å². The van der Waals surface area contributed by atoms with Crippen molar-refractivity contribution in [2.75, 3.05) is 0 Å². The van der Waals surface area contributed by atoms with Gasteiger partial charge in [0.05, 0.1) is 0 Å². The van der Waals surface area contributed by atoms with E-state index in [0.29, 0.717) is 11.7 Å². The molecule has 0 heterocycles. The van der Waals surface area contributed by atoms with Crippen LogP contribution in [0.15, 0.2) is 18.2 Å². The van der Waals surface area contributed by atoms with Crippen LogP contribution in [0.1, 0.15) is 68.6 Å². The minimum Gasteiger partial charge on any atom is -0.299 e. The number of aryl methyl sites for hydroxylation is 1. The summed E-state index contributed by atoms with van der Waals surface area (Å²) in [4.78, 5) is 12.0. The minimum absolute atomic E-state index is 0.147. The van der Waals surface area contributed by atoms with Crippen molar-refractivity contribution in [3.05, 3.63) is 34.9 Å². The first kappa shape index (κ1) is 12.3. The van der Waals surface area contributed by atoms with E-state index in [1.54, 1.807) is 0 Å². The van der Waals surface area contributed by atoms with Gasteiger partial charge >= 0.3 is 0 Å². The number of hydrogen-bond donors (Lipinski definition) is 0. The maximum atomic E-state index is 12.0. The van der Waals surface area contributed by atoms with Gasteiger partial charge in [0.15, 0.2) is 0 Å². The van der Waals surface area contributed by atoms with Crippen molar-refractivity contribution in [3.8, 4) is 0 Å². The van der Waals surface area contributed by atoms with Gasteiger partial charge in [0, 0.05) is 12.3 Å². The second kappa shape index (κ2) is 5.03. The molecule has 0 N–H and O–H groups in total. The molecule has 92 valence electrons. The molecule has 0 aromatic heterocycles. The third-order valence-electron chi connectivity index (χ3n) is 3.88. The summed E-state index contributed by atoms with van der Waals surface area (Å²) in [6, 6.07) is 6.72. The first-order chi connectivity index (χ1) is 8.13. The lowest BCUT2D eigenvalue weighted by Gasteiger charge is -2.16. The van der Waals surface area contributed by atoms with Crippen molar-refractivity contribution < 1.29 is 4.79 Å². The van der Waals surface area contributed by atoms with Crippen molar-refractivity contribution >= 4 is 5.78 Å². The molecule has 1 aromatic carbocycles. The number of carbonyl (C=O) groups is 1. The van der Waals surface area contributed by atoms with E-state index < -0.39 is 0 Å². The topological polar surface area (TPSA) is 17.1 Å². The molecule has 0 saturated heterocycles. The Morgan fingerprint density at radius 3 is 2.71 bits per heavy atom. The van der Waals surface area contributed by atoms with Crippen LogP contribution in [0, 0.1) is 0 Å². The lowest BCUT2D eigenvalue weighted by molar-refractivity contribution is -0.120. The fourth-order valence-corrected chi connectivity index (χ4v) is 2.79. The molecule has 1 aliphatic rings. The monoisotopic (exact) mass is 230 g/mol. The fraction of sp³-hybridized carbons (Fsp3) is 0.562. The molecule has 1 aromatic rings. The van der Waals surface area contributed by atoms with Gasteiger partial charge in [-0.3, -0.25) is 4.79 Å². The van der Waals surface area contributed by atoms with Gasteiger partial charge in [-0.1, -0.05) is 39.0 Å². The molecule has 0 bridgehead atoms. The Morgan fingerprint density at radius 2 is 2.06 bits per heavy atom. The largest absolute Gasteiger partial charge is 0.299 e. The Bertz CT molecular complexity index is 418. The zero-order valence-electron chi connectivity index (χ0n) is 11.1. The smallest absolute Gasteiger partial charge is 0.140 e. The Hall–Kier alpha value is -1.11. The third kappa shape index (κ3) is 2.43. The number of benzene rings is 1. The van der Waals surface area contributed by atoms with Crippen molar-refractivity contribution in [2.24, 2.45) is 0 Å². The molecule has 17 heavy (non-hydrogen) atoms. The van der Waals surface area contributed by atoms with E-state index in [-0.39, 0.29) is 5.92 Å². The van der Waals surface area contributed by atoms with E-state index >= 15 is 0 Å². The first-order valence-corrected chi connectivity index (χ1v) is 6.79. The maximum Gasteiger partial charge on any atom is 0.140 e. The number of carbonyl (C=O) groups excluding carboxylic acids is 1. The van der Waals surface area contributed by atoms with Crippen LogP contribution in [0.5, 0.6) is 0 Å². The maximum absolute atomic E-state index is 12.0. The lowest BCUT2D eigenvalue weighted by Crippen LogP contribution is -2.10. The fourth-order valence-electron chi connectivity index (χ4n) is 2.79. The Labute approximate surface area is 104 Å². The summed E-state index contributed by atoms with van der Waals surface area (Å²) in [6.07, 6.45) is 3.78. The van der Waals surface area contributed by atoms with E-state index in [4.69, 9.17) is 0 Å². The molecule has 0 saturated carbocycles. The predicted molar refractivity (Wildman–Crippen MR) is 71.5 cm³/mol. The summed E-state index contributed by atoms with van der Waals surface area (Å²) in [5.41, 5.74) is 4.10. The zero-order chi connectivity index (χ0) is 12.4. The summed E-state index contributed by atoms with van der Waals surface area (Å²) in [5.74, 6) is 1.15. The number of rotatable bonds is 2. The number of Topliss-reactive ketones (excluding diaryl/α,β-unsaturated/α-hetero) is 1.